The van der Waals surface area contributed by atoms with Gasteiger partial charge in [0.25, 0.3) is 5.91 Å². The Kier molecular flexibility index (Phi) is 4.86. The predicted molar refractivity (Wildman–Crippen MR) is 92.1 cm³/mol. The average Bonchev–Trinajstić information content (AvgIpc) is 3.01. The van der Waals surface area contributed by atoms with E-state index in [1.54, 1.807) is 6.92 Å². The highest BCUT2D eigenvalue weighted by molar-refractivity contribution is 7.91. The summed E-state index contributed by atoms with van der Waals surface area (Å²) in [6.45, 7) is 1.57. The molecule has 1 N–H and O–H groups in total. The molecule has 2 fully saturated rings. The number of fused-ring (bicyclic) bond motifs is 1. The molecule has 1 amide bonds. The van der Waals surface area contributed by atoms with Crippen molar-refractivity contribution in [2.24, 2.45) is 5.92 Å². The van der Waals surface area contributed by atoms with Crippen LogP contribution in [0.5, 0.6) is 0 Å². The lowest BCUT2D eigenvalue weighted by Gasteiger charge is -2.33. The monoisotopic (exact) mass is 365 g/mol. The molecule has 136 valence electrons. The first-order chi connectivity index (χ1) is 11.8. The van der Waals surface area contributed by atoms with Gasteiger partial charge >= 0.3 is 5.97 Å². The summed E-state index contributed by atoms with van der Waals surface area (Å²) in [4.78, 5) is 26.3. The van der Waals surface area contributed by atoms with E-state index < -0.39 is 21.8 Å². The second kappa shape index (κ2) is 6.78. The first-order valence-electron chi connectivity index (χ1n) is 8.73. The van der Waals surface area contributed by atoms with Crippen LogP contribution in [0.4, 0.5) is 0 Å². The summed E-state index contributed by atoms with van der Waals surface area (Å²) in [5, 5.41) is 9.54. The average molecular weight is 365 g/mol. The van der Waals surface area contributed by atoms with Crippen molar-refractivity contribution in [3.63, 3.8) is 0 Å². The van der Waals surface area contributed by atoms with Gasteiger partial charge < -0.3 is 10.0 Å². The molecule has 3 atom stereocenters. The minimum atomic E-state index is -3.32. The van der Waals surface area contributed by atoms with Gasteiger partial charge in [0, 0.05) is 11.6 Å². The fourth-order valence-electron chi connectivity index (χ4n) is 4.09. The van der Waals surface area contributed by atoms with Crippen LogP contribution in [0.1, 0.15) is 49.4 Å². The van der Waals surface area contributed by atoms with Crippen LogP contribution in [0.3, 0.4) is 0 Å². The first kappa shape index (κ1) is 17.9. The molecule has 1 aliphatic heterocycles. The summed E-state index contributed by atoms with van der Waals surface area (Å²) in [5.41, 5.74) is 0.340. The maximum atomic E-state index is 13.0. The molecule has 3 rings (SSSR count). The van der Waals surface area contributed by atoms with Gasteiger partial charge in [0.05, 0.1) is 10.6 Å². The molecule has 0 spiro atoms. The largest absolute Gasteiger partial charge is 0.480 e. The minimum Gasteiger partial charge on any atom is -0.480 e. The summed E-state index contributed by atoms with van der Waals surface area (Å²) in [7, 11) is -3.32. The molecule has 1 saturated carbocycles. The molecule has 2 aliphatic rings. The number of nitrogens with zero attached hydrogens (tertiary/aromatic N) is 1. The maximum Gasteiger partial charge on any atom is 0.326 e. The summed E-state index contributed by atoms with van der Waals surface area (Å²) < 4.78 is 23.8. The van der Waals surface area contributed by atoms with E-state index in [1.807, 2.05) is 0 Å². The van der Waals surface area contributed by atoms with Gasteiger partial charge in [-0.3, -0.25) is 4.79 Å². The third kappa shape index (κ3) is 3.29. The topological polar surface area (TPSA) is 91.8 Å². The van der Waals surface area contributed by atoms with Crippen LogP contribution in [0.25, 0.3) is 0 Å². The van der Waals surface area contributed by atoms with Gasteiger partial charge in [-0.2, -0.15) is 0 Å². The lowest BCUT2D eigenvalue weighted by molar-refractivity contribution is -0.141. The number of carbonyl (C=O) groups excluding carboxylic acids is 1. The van der Waals surface area contributed by atoms with Crippen molar-refractivity contribution in [2.45, 2.75) is 56.0 Å². The summed E-state index contributed by atoms with van der Waals surface area (Å²) in [6.07, 6.45) is 4.40. The van der Waals surface area contributed by atoms with Gasteiger partial charge in [0.2, 0.25) is 0 Å². The minimum absolute atomic E-state index is 0.00272. The van der Waals surface area contributed by atoms with Gasteiger partial charge in [-0.25, -0.2) is 13.2 Å². The Hall–Kier alpha value is -1.89. The second-order valence-electron chi connectivity index (χ2n) is 6.84. The van der Waals surface area contributed by atoms with E-state index in [0.717, 1.165) is 25.7 Å². The summed E-state index contributed by atoms with van der Waals surface area (Å²) in [5.74, 6) is -1.04. The van der Waals surface area contributed by atoms with Crippen molar-refractivity contribution in [3.05, 3.63) is 29.8 Å². The van der Waals surface area contributed by atoms with Crippen LogP contribution in [0, 0.1) is 5.92 Å². The van der Waals surface area contributed by atoms with Crippen LogP contribution in [-0.4, -0.2) is 48.1 Å². The smallest absolute Gasteiger partial charge is 0.326 e. The molecule has 25 heavy (non-hydrogen) atoms. The van der Waals surface area contributed by atoms with Crippen molar-refractivity contribution in [1.82, 2.24) is 4.90 Å². The molecular formula is C18H23NO5S. The molecule has 0 bridgehead atoms. The Morgan fingerprint density at radius 1 is 1.16 bits per heavy atom. The Morgan fingerprint density at radius 2 is 1.80 bits per heavy atom. The van der Waals surface area contributed by atoms with E-state index in [1.165, 1.54) is 29.2 Å². The summed E-state index contributed by atoms with van der Waals surface area (Å²) in [6, 6.07) is 5.01. The predicted octanol–water partition coefficient (Wildman–Crippen LogP) is 2.34. The quantitative estimate of drug-likeness (QED) is 0.884. The van der Waals surface area contributed by atoms with Gasteiger partial charge in [-0.05, 0) is 49.4 Å². The number of likely N-dealkylation sites (tertiary alicyclic amines) is 1. The zero-order valence-corrected chi connectivity index (χ0v) is 15.0. The van der Waals surface area contributed by atoms with Gasteiger partial charge in [0.15, 0.2) is 9.84 Å². The Bertz CT molecular complexity index is 771. The number of amides is 1. The molecule has 0 aromatic heterocycles. The second-order valence-corrected chi connectivity index (χ2v) is 9.12. The molecule has 1 aromatic rings. The number of rotatable bonds is 4. The molecule has 1 aliphatic carbocycles. The number of aliphatic carboxylic acids is 1. The molecule has 3 unspecified atom stereocenters. The highest BCUT2D eigenvalue weighted by Crippen LogP contribution is 2.40. The number of hydrogen-bond donors (Lipinski definition) is 1. The van der Waals surface area contributed by atoms with E-state index in [-0.39, 0.29) is 28.5 Å². The van der Waals surface area contributed by atoms with Gasteiger partial charge in [-0.15, -0.1) is 0 Å². The number of carbonyl (C=O) groups is 2. The fourth-order valence-corrected chi connectivity index (χ4v) is 4.98. The summed E-state index contributed by atoms with van der Waals surface area (Å²) >= 11 is 0. The van der Waals surface area contributed by atoms with Crippen LogP contribution < -0.4 is 0 Å². The van der Waals surface area contributed by atoms with Gasteiger partial charge in [-0.1, -0.05) is 19.8 Å². The van der Waals surface area contributed by atoms with E-state index in [0.29, 0.717) is 12.0 Å². The molecule has 6 nitrogen and oxygen atoms in total. The SMILES string of the molecule is CCS(=O)(=O)c1ccc(C(=O)N2C(C(=O)O)CC3CCCCC32)cc1. The Labute approximate surface area is 147 Å². The van der Waals surface area contributed by atoms with Crippen molar-refractivity contribution in [2.75, 3.05) is 5.75 Å². The van der Waals surface area contributed by atoms with Crippen molar-refractivity contribution in [1.29, 1.82) is 0 Å². The Morgan fingerprint density at radius 3 is 2.40 bits per heavy atom. The van der Waals surface area contributed by atoms with Crippen molar-refractivity contribution >= 4 is 21.7 Å². The molecule has 1 saturated heterocycles. The third-order valence-corrected chi connectivity index (χ3v) is 7.20. The van der Waals surface area contributed by atoms with E-state index >= 15 is 0 Å². The van der Waals surface area contributed by atoms with E-state index in [4.69, 9.17) is 0 Å². The number of carboxylic acids is 1. The van der Waals surface area contributed by atoms with Gasteiger partial charge in [0.1, 0.15) is 6.04 Å². The lowest BCUT2D eigenvalue weighted by Crippen LogP contribution is -2.46. The van der Waals surface area contributed by atoms with E-state index in [2.05, 4.69) is 0 Å². The zero-order valence-electron chi connectivity index (χ0n) is 14.2. The molecule has 7 heteroatoms. The van der Waals surface area contributed by atoms with Crippen LogP contribution in [0.15, 0.2) is 29.2 Å². The van der Waals surface area contributed by atoms with Crippen molar-refractivity contribution < 1.29 is 23.1 Å². The number of carboxylic acid groups (broad SMARTS) is 1. The standard InChI is InChI=1S/C18H23NO5S/c1-2-25(23,24)14-9-7-12(8-10-14)17(20)19-15-6-4-3-5-13(15)11-16(19)18(21)22/h7-10,13,15-16H,2-6,11H2,1H3,(H,21,22). The molecular weight excluding hydrogens is 342 g/mol. The normalized spacial score (nSPS) is 26.3. The van der Waals surface area contributed by atoms with Crippen LogP contribution in [-0.2, 0) is 14.6 Å². The first-order valence-corrected chi connectivity index (χ1v) is 10.4. The Balaban J connectivity index is 1.89. The number of benzene rings is 1. The number of hydrogen-bond acceptors (Lipinski definition) is 4. The third-order valence-electron chi connectivity index (χ3n) is 5.45. The zero-order chi connectivity index (χ0) is 18.2. The fraction of sp³-hybridized carbons (Fsp3) is 0.556. The van der Waals surface area contributed by atoms with Crippen LogP contribution >= 0.6 is 0 Å². The van der Waals surface area contributed by atoms with Crippen LogP contribution in [0.2, 0.25) is 0 Å². The lowest BCUT2D eigenvalue weighted by atomic mass is 9.84. The van der Waals surface area contributed by atoms with Crippen molar-refractivity contribution in [3.8, 4) is 0 Å². The molecule has 1 aromatic carbocycles. The van der Waals surface area contributed by atoms with E-state index in [9.17, 15) is 23.1 Å². The highest BCUT2D eigenvalue weighted by atomic mass is 32.2. The maximum absolute atomic E-state index is 13.0. The molecule has 1 heterocycles. The molecule has 0 radical (unpaired) electrons. The highest BCUT2D eigenvalue weighted by Gasteiger charge is 2.47. The number of sulfone groups is 1.